The van der Waals surface area contributed by atoms with E-state index >= 15 is 0 Å². The number of nitrogens with zero attached hydrogens (tertiary/aromatic N) is 4. The smallest absolute Gasteiger partial charge is 0.237 e. The number of anilines is 1. The normalized spacial score (nSPS) is 27.4. The van der Waals surface area contributed by atoms with Crippen LogP contribution in [-0.2, 0) is 21.7 Å². The van der Waals surface area contributed by atoms with Crippen molar-refractivity contribution in [1.82, 2.24) is 19.5 Å². The first kappa shape index (κ1) is 20.3. The maximum atomic E-state index is 13.6. The van der Waals surface area contributed by atoms with Gasteiger partial charge in [-0.15, -0.1) is 0 Å². The van der Waals surface area contributed by atoms with Crippen LogP contribution in [0.15, 0.2) is 43.0 Å². The minimum absolute atomic E-state index is 0.102. The summed E-state index contributed by atoms with van der Waals surface area (Å²) >= 11 is 0. The molecule has 4 rings (SSSR count). The highest BCUT2D eigenvalue weighted by Crippen LogP contribution is 2.38. The second-order valence-corrected chi connectivity index (χ2v) is 7.26. The van der Waals surface area contributed by atoms with E-state index in [1.165, 1.54) is 17.2 Å². The maximum absolute atomic E-state index is 13.6. The lowest BCUT2D eigenvalue weighted by Crippen LogP contribution is -2.58. The molecule has 1 saturated heterocycles. The van der Waals surface area contributed by atoms with Gasteiger partial charge < -0.3 is 32.2 Å². The van der Waals surface area contributed by atoms with Crippen LogP contribution in [0.2, 0.25) is 0 Å². The van der Waals surface area contributed by atoms with E-state index in [0.717, 1.165) is 5.56 Å². The van der Waals surface area contributed by atoms with Gasteiger partial charge in [-0.3, -0.25) is 9.36 Å². The van der Waals surface area contributed by atoms with Crippen molar-refractivity contribution >= 4 is 22.8 Å². The van der Waals surface area contributed by atoms with Crippen molar-refractivity contribution in [3.63, 3.8) is 0 Å². The molecule has 8 N–H and O–H groups in total. The minimum Gasteiger partial charge on any atom is -0.394 e. The first-order chi connectivity index (χ1) is 14.4. The van der Waals surface area contributed by atoms with E-state index in [1.54, 1.807) is 0 Å². The number of aromatic nitrogens is 4. The molecule has 3 aromatic rings. The molecule has 1 aromatic carbocycles. The molecule has 0 aliphatic carbocycles. The van der Waals surface area contributed by atoms with Gasteiger partial charge in [0.1, 0.15) is 30.4 Å². The van der Waals surface area contributed by atoms with Gasteiger partial charge in [0, 0.05) is 0 Å². The fourth-order valence-corrected chi connectivity index (χ4v) is 3.85. The fraction of sp³-hybridized carbons (Fsp3) is 0.368. The van der Waals surface area contributed by atoms with Crippen molar-refractivity contribution in [3.8, 4) is 0 Å². The lowest BCUT2D eigenvalue weighted by molar-refractivity contribution is -0.175. The predicted octanol–water partition coefficient (Wildman–Crippen LogP) is -1.72. The number of hydrogen-bond acceptors (Lipinski definition) is 10. The molecular formula is C19H23N7O4. The molecule has 0 spiro atoms. The summed E-state index contributed by atoms with van der Waals surface area (Å²) in [4.78, 5) is 25.8. The SMILES string of the molecule is Nc1ncnc2c1ncn2[C@]1(C(=O)[C@@H](N)Cc2ccccc2)O[C@H](CO)[C@@H](N)[C@H]1O. The Hall–Kier alpha value is -2.96. The third kappa shape index (κ3) is 3.04. The van der Waals surface area contributed by atoms with Crippen LogP contribution in [0.25, 0.3) is 11.2 Å². The first-order valence-corrected chi connectivity index (χ1v) is 9.40. The van der Waals surface area contributed by atoms with Gasteiger partial charge >= 0.3 is 0 Å². The first-order valence-electron chi connectivity index (χ1n) is 9.40. The number of carbonyl (C=O) groups is 1. The molecule has 0 unspecified atom stereocenters. The molecule has 3 heterocycles. The Balaban J connectivity index is 1.82. The number of hydrogen-bond donors (Lipinski definition) is 5. The van der Waals surface area contributed by atoms with Gasteiger partial charge in [0.15, 0.2) is 11.5 Å². The van der Waals surface area contributed by atoms with Crippen LogP contribution in [0.5, 0.6) is 0 Å². The topological polar surface area (TPSA) is 188 Å². The van der Waals surface area contributed by atoms with Gasteiger partial charge in [0.05, 0.1) is 18.7 Å². The molecule has 11 nitrogen and oxygen atoms in total. The van der Waals surface area contributed by atoms with Crippen molar-refractivity contribution in [2.75, 3.05) is 12.3 Å². The zero-order valence-electron chi connectivity index (χ0n) is 16.0. The van der Waals surface area contributed by atoms with Gasteiger partial charge in [-0.1, -0.05) is 30.3 Å². The number of ether oxygens (including phenoxy) is 1. The fourth-order valence-electron chi connectivity index (χ4n) is 3.85. The average molecular weight is 413 g/mol. The Bertz CT molecular complexity index is 1060. The van der Waals surface area contributed by atoms with E-state index in [4.69, 9.17) is 21.9 Å². The van der Waals surface area contributed by atoms with Crippen molar-refractivity contribution in [2.45, 2.75) is 36.4 Å². The Kier molecular flexibility index (Phi) is 5.22. The Morgan fingerprint density at radius 2 is 2.00 bits per heavy atom. The van der Waals surface area contributed by atoms with Gasteiger partial charge in [-0.25, -0.2) is 15.0 Å². The monoisotopic (exact) mass is 413 g/mol. The molecule has 1 fully saturated rings. The number of carbonyl (C=O) groups excluding carboxylic acids is 1. The number of fused-ring (bicyclic) bond motifs is 1. The number of rotatable bonds is 6. The van der Waals surface area contributed by atoms with E-state index in [9.17, 15) is 15.0 Å². The second-order valence-electron chi connectivity index (χ2n) is 7.26. The Morgan fingerprint density at radius 1 is 1.27 bits per heavy atom. The molecule has 5 atom stereocenters. The quantitative estimate of drug-likeness (QED) is 0.311. The summed E-state index contributed by atoms with van der Waals surface area (Å²) in [6.45, 7) is -0.495. The Morgan fingerprint density at radius 3 is 2.67 bits per heavy atom. The number of imidazole rings is 1. The largest absolute Gasteiger partial charge is 0.394 e. The standard InChI is InChI=1S/C19H23N7O4/c20-11(6-10-4-2-1-3-5-10)15(28)19(16(29)13(21)12(7-27)30-19)26-9-25-14-17(22)23-8-24-18(14)26/h1-5,8-9,11-13,16,27,29H,6-7,20-21H2,(H2,22,23,24)/t11-,12+,13+,16+,19+/m0/s1. The van der Waals surface area contributed by atoms with Crippen molar-refractivity contribution in [3.05, 3.63) is 48.5 Å². The molecule has 11 heteroatoms. The highest BCUT2D eigenvalue weighted by atomic mass is 16.6. The van der Waals surface area contributed by atoms with Gasteiger partial charge in [0.25, 0.3) is 0 Å². The molecule has 30 heavy (non-hydrogen) atoms. The number of nitrogens with two attached hydrogens (primary N) is 3. The number of Topliss-reactive ketones (excluding diaryl/α,β-unsaturated/α-hetero) is 1. The summed E-state index contributed by atoms with van der Waals surface area (Å²) in [5, 5.41) is 20.7. The third-order valence-electron chi connectivity index (χ3n) is 5.41. The highest BCUT2D eigenvalue weighted by Gasteiger charge is 2.60. The molecular weight excluding hydrogens is 390 g/mol. The van der Waals surface area contributed by atoms with E-state index in [-0.39, 0.29) is 23.4 Å². The van der Waals surface area contributed by atoms with E-state index < -0.39 is 42.4 Å². The number of aliphatic hydroxyl groups is 2. The molecule has 1 aliphatic heterocycles. The predicted molar refractivity (Wildman–Crippen MR) is 107 cm³/mol. The molecule has 1 aliphatic rings. The van der Waals surface area contributed by atoms with Gasteiger partial charge in [0.2, 0.25) is 11.5 Å². The Labute approximate surface area is 171 Å². The molecule has 0 radical (unpaired) electrons. The van der Waals surface area contributed by atoms with Gasteiger partial charge in [-0.05, 0) is 12.0 Å². The van der Waals surface area contributed by atoms with Crippen molar-refractivity contribution in [2.24, 2.45) is 11.5 Å². The lowest BCUT2D eigenvalue weighted by atomic mass is 9.90. The molecule has 2 aromatic heterocycles. The van der Waals surface area contributed by atoms with Crippen LogP contribution >= 0.6 is 0 Å². The van der Waals surface area contributed by atoms with E-state index in [2.05, 4.69) is 15.0 Å². The van der Waals surface area contributed by atoms with Crippen LogP contribution < -0.4 is 17.2 Å². The molecule has 0 saturated carbocycles. The third-order valence-corrected chi connectivity index (χ3v) is 5.41. The highest BCUT2D eigenvalue weighted by molar-refractivity contribution is 5.93. The van der Waals surface area contributed by atoms with Crippen LogP contribution in [-0.4, -0.2) is 66.4 Å². The van der Waals surface area contributed by atoms with E-state index in [0.29, 0.717) is 0 Å². The van der Waals surface area contributed by atoms with Crippen LogP contribution in [0.4, 0.5) is 5.82 Å². The zero-order valence-corrected chi connectivity index (χ0v) is 16.0. The van der Waals surface area contributed by atoms with E-state index in [1.807, 2.05) is 30.3 Å². The van der Waals surface area contributed by atoms with Crippen LogP contribution in [0, 0.1) is 0 Å². The number of aliphatic hydroxyl groups excluding tert-OH is 2. The number of nitrogen functional groups attached to an aromatic ring is 1. The molecule has 0 bridgehead atoms. The minimum atomic E-state index is -2.03. The summed E-state index contributed by atoms with van der Waals surface area (Å²) in [7, 11) is 0. The summed E-state index contributed by atoms with van der Waals surface area (Å²) in [6, 6.07) is 7.13. The molecule has 0 amide bonds. The maximum Gasteiger partial charge on any atom is 0.237 e. The summed E-state index contributed by atoms with van der Waals surface area (Å²) in [6.07, 6.45) is 0.184. The summed E-state index contributed by atoms with van der Waals surface area (Å²) in [5.74, 6) is -0.521. The lowest BCUT2D eigenvalue weighted by Gasteiger charge is -2.34. The summed E-state index contributed by atoms with van der Waals surface area (Å²) in [5.41, 5.74) is 17.4. The van der Waals surface area contributed by atoms with Crippen LogP contribution in [0.1, 0.15) is 5.56 Å². The second kappa shape index (κ2) is 7.70. The summed E-state index contributed by atoms with van der Waals surface area (Å²) < 4.78 is 7.17. The number of benzene rings is 1. The van der Waals surface area contributed by atoms with Crippen LogP contribution in [0.3, 0.4) is 0 Å². The zero-order chi connectivity index (χ0) is 21.5. The average Bonchev–Trinajstić information content (AvgIpc) is 3.30. The number of ketones is 1. The van der Waals surface area contributed by atoms with Crippen molar-refractivity contribution < 1.29 is 19.7 Å². The van der Waals surface area contributed by atoms with Gasteiger partial charge in [-0.2, -0.15) is 0 Å². The van der Waals surface area contributed by atoms with Crippen molar-refractivity contribution in [1.29, 1.82) is 0 Å². The molecule has 158 valence electrons.